The van der Waals surface area contributed by atoms with Crippen LogP contribution < -0.4 is 0 Å². The first kappa shape index (κ1) is 8.64. The minimum atomic E-state index is -0.865. The van der Waals surface area contributed by atoms with Gasteiger partial charge in [0.05, 0.1) is 12.1 Å². The standard InChI is InChI=1S/C8H10N2O2/c1-5-6(2)9-4-10-7(5)3-8(11)12/h4H,3H2,1-2H3,(H,11,12). The topological polar surface area (TPSA) is 63.1 Å². The predicted molar refractivity (Wildman–Crippen MR) is 42.8 cm³/mol. The number of carboxylic acid groups (broad SMARTS) is 1. The molecule has 1 aromatic heterocycles. The van der Waals surface area contributed by atoms with Crippen molar-refractivity contribution in [1.29, 1.82) is 0 Å². The molecule has 4 heteroatoms. The molecule has 1 N–H and O–H groups in total. The number of hydrogen-bond donors (Lipinski definition) is 1. The molecule has 0 aliphatic rings. The van der Waals surface area contributed by atoms with E-state index in [2.05, 4.69) is 9.97 Å². The lowest BCUT2D eigenvalue weighted by molar-refractivity contribution is -0.136. The van der Waals surface area contributed by atoms with Gasteiger partial charge >= 0.3 is 5.97 Å². The first-order valence-corrected chi connectivity index (χ1v) is 3.60. The summed E-state index contributed by atoms with van der Waals surface area (Å²) >= 11 is 0. The van der Waals surface area contributed by atoms with Crippen LogP contribution in [0.15, 0.2) is 6.33 Å². The number of aryl methyl sites for hydroxylation is 1. The van der Waals surface area contributed by atoms with Crippen LogP contribution in [0.4, 0.5) is 0 Å². The van der Waals surface area contributed by atoms with Gasteiger partial charge in [0.2, 0.25) is 0 Å². The molecule has 1 aromatic rings. The van der Waals surface area contributed by atoms with E-state index in [1.165, 1.54) is 6.33 Å². The monoisotopic (exact) mass is 166 g/mol. The van der Waals surface area contributed by atoms with Crippen LogP contribution in [0, 0.1) is 13.8 Å². The highest BCUT2D eigenvalue weighted by atomic mass is 16.4. The summed E-state index contributed by atoms with van der Waals surface area (Å²) in [4.78, 5) is 18.2. The second-order valence-electron chi connectivity index (χ2n) is 2.60. The highest BCUT2D eigenvalue weighted by Crippen LogP contribution is 2.07. The highest BCUT2D eigenvalue weighted by molar-refractivity contribution is 5.70. The lowest BCUT2D eigenvalue weighted by Gasteiger charge is -2.02. The van der Waals surface area contributed by atoms with Crippen LogP contribution in [0.2, 0.25) is 0 Å². The van der Waals surface area contributed by atoms with Crippen molar-refractivity contribution in [3.63, 3.8) is 0 Å². The molecule has 0 bridgehead atoms. The van der Waals surface area contributed by atoms with Crippen molar-refractivity contribution in [2.24, 2.45) is 0 Å². The summed E-state index contributed by atoms with van der Waals surface area (Å²) in [5.41, 5.74) is 2.29. The summed E-state index contributed by atoms with van der Waals surface area (Å²) in [5.74, 6) is -0.865. The molecule has 4 nitrogen and oxygen atoms in total. The summed E-state index contributed by atoms with van der Waals surface area (Å²) < 4.78 is 0. The second-order valence-corrected chi connectivity index (χ2v) is 2.60. The van der Waals surface area contributed by atoms with E-state index in [1.807, 2.05) is 13.8 Å². The van der Waals surface area contributed by atoms with Crippen molar-refractivity contribution in [3.8, 4) is 0 Å². The van der Waals surface area contributed by atoms with Crippen LogP contribution in [0.1, 0.15) is 17.0 Å². The zero-order valence-electron chi connectivity index (χ0n) is 7.03. The minimum absolute atomic E-state index is 0.0325. The van der Waals surface area contributed by atoms with Crippen molar-refractivity contribution >= 4 is 5.97 Å². The number of carbonyl (C=O) groups is 1. The average Bonchev–Trinajstić information content (AvgIpc) is 1.98. The number of aliphatic carboxylic acids is 1. The summed E-state index contributed by atoms with van der Waals surface area (Å²) in [7, 11) is 0. The van der Waals surface area contributed by atoms with Crippen LogP contribution in [0.3, 0.4) is 0 Å². The summed E-state index contributed by atoms with van der Waals surface area (Å²) in [5, 5.41) is 8.52. The van der Waals surface area contributed by atoms with Crippen LogP contribution in [0.5, 0.6) is 0 Å². The highest BCUT2D eigenvalue weighted by Gasteiger charge is 2.06. The van der Waals surface area contributed by atoms with E-state index in [4.69, 9.17) is 5.11 Å². The van der Waals surface area contributed by atoms with Gasteiger partial charge in [0.15, 0.2) is 0 Å². The summed E-state index contributed by atoms with van der Waals surface area (Å²) in [6, 6.07) is 0. The molecule has 0 aromatic carbocycles. The van der Waals surface area contributed by atoms with Gasteiger partial charge in [-0.2, -0.15) is 0 Å². The molecule has 0 radical (unpaired) electrons. The van der Waals surface area contributed by atoms with Crippen LogP contribution in [-0.4, -0.2) is 21.0 Å². The predicted octanol–water partition coefficient (Wildman–Crippen LogP) is 0.721. The van der Waals surface area contributed by atoms with Gasteiger partial charge in [-0.25, -0.2) is 9.97 Å². The maximum atomic E-state index is 10.4. The minimum Gasteiger partial charge on any atom is -0.481 e. The Morgan fingerprint density at radius 1 is 1.50 bits per heavy atom. The molecule has 0 saturated carbocycles. The van der Waals surface area contributed by atoms with Crippen molar-refractivity contribution in [1.82, 2.24) is 9.97 Å². The van der Waals surface area contributed by atoms with Crippen LogP contribution in [0.25, 0.3) is 0 Å². The molecular formula is C8H10N2O2. The van der Waals surface area contributed by atoms with Gasteiger partial charge in [-0.05, 0) is 19.4 Å². The van der Waals surface area contributed by atoms with E-state index >= 15 is 0 Å². The lowest BCUT2D eigenvalue weighted by atomic mass is 10.1. The molecule has 0 unspecified atom stereocenters. The zero-order valence-corrected chi connectivity index (χ0v) is 7.03. The smallest absolute Gasteiger partial charge is 0.309 e. The fraction of sp³-hybridized carbons (Fsp3) is 0.375. The van der Waals surface area contributed by atoms with E-state index in [0.29, 0.717) is 5.69 Å². The number of nitrogens with zero attached hydrogens (tertiary/aromatic N) is 2. The number of aromatic nitrogens is 2. The van der Waals surface area contributed by atoms with E-state index in [9.17, 15) is 4.79 Å². The molecule has 1 rings (SSSR count). The normalized spacial score (nSPS) is 9.83. The molecule has 0 amide bonds. The molecule has 0 atom stereocenters. The third kappa shape index (κ3) is 1.78. The van der Waals surface area contributed by atoms with E-state index in [1.54, 1.807) is 0 Å². The van der Waals surface area contributed by atoms with Gasteiger partial charge in [-0.15, -0.1) is 0 Å². The molecule has 12 heavy (non-hydrogen) atoms. The van der Waals surface area contributed by atoms with Gasteiger partial charge in [-0.3, -0.25) is 4.79 Å². The van der Waals surface area contributed by atoms with E-state index in [0.717, 1.165) is 11.3 Å². The fourth-order valence-electron chi connectivity index (χ4n) is 0.909. The van der Waals surface area contributed by atoms with Gasteiger partial charge < -0.3 is 5.11 Å². The maximum absolute atomic E-state index is 10.4. The second kappa shape index (κ2) is 3.30. The Labute approximate surface area is 70.3 Å². The molecular weight excluding hydrogens is 156 g/mol. The Morgan fingerprint density at radius 2 is 2.17 bits per heavy atom. The largest absolute Gasteiger partial charge is 0.481 e. The van der Waals surface area contributed by atoms with E-state index in [-0.39, 0.29) is 6.42 Å². The first-order chi connectivity index (χ1) is 5.61. The van der Waals surface area contributed by atoms with Gasteiger partial charge in [0, 0.05) is 5.69 Å². The first-order valence-electron chi connectivity index (χ1n) is 3.60. The number of rotatable bonds is 2. The van der Waals surface area contributed by atoms with Crippen molar-refractivity contribution in [3.05, 3.63) is 23.3 Å². The van der Waals surface area contributed by atoms with Crippen LogP contribution in [-0.2, 0) is 11.2 Å². The van der Waals surface area contributed by atoms with Gasteiger partial charge in [-0.1, -0.05) is 0 Å². The Balaban J connectivity index is 3.00. The van der Waals surface area contributed by atoms with Gasteiger partial charge in [0.25, 0.3) is 0 Å². The molecule has 0 fully saturated rings. The van der Waals surface area contributed by atoms with Gasteiger partial charge in [0.1, 0.15) is 6.33 Å². The Bertz CT molecular complexity index is 310. The number of hydrogen-bond acceptors (Lipinski definition) is 3. The fourth-order valence-corrected chi connectivity index (χ4v) is 0.909. The molecule has 0 aliphatic carbocycles. The van der Waals surface area contributed by atoms with Crippen molar-refractivity contribution < 1.29 is 9.90 Å². The molecule has 0 aliphatic heterocycles. The SMILES string of the molecule is Cc1ncnc(CC(=O)O)c1C. The molecule has 0 spiro atoms. The quantitative estimate of drug-likeness (QED) is 0.703. The lowest BCUT2D eigenvalue weighted by Crippen LogP contribution is -2.06. The average molecular weight is 166 g/mol. The maximum Gasteiger partial charge on any atom is 0.309 e. The molecule has 1 heterocycles. The van der Waals surface area contributed by atoms with E-state index < -0.39 is 5.97 Å². The Hall–Kier alpha value is -1.45. The zero-order chi connectivity index (χ0) is 9.14. The summed E-state index contributed by atoms with van der Waals surface area (Å²) in [6.07, 6.45) is 1.36. The van der Waals surface area contributed by atoms with Crippen molar-refractivity contribution in [2.45, 2.75) is 20.3 Å². The molecule has 64 valence electrons. The third-order valence-corrected chi connectivity index (χ3v) is 1.76. The van der Waals surface area contributed by atoms with Crippen LogP contribution >= 0.6 is 0 Å². The number of carboxylic acids is 1. The third-order valence-electron chi connectivity index (χ3n) is 1.76. The Kier molecular flexibility index (Phi) is 2.38. The van der Waals surface area contributed by atoms with Crippen molar-refractivity contribution in [2.75, 3.05) is 0 Å². The summed E-state index contributed by atoms with van der Waals surface area (Å²) in [6.45, 7) is 3.66. The molecule has 0 saturated heterocycles. The Morgan fingerprint density at radius 3 is 2.75 bits per heavy atom.